The van der Waals surface area contributed by atoms with Crippen molar-refractivity contribution in [1.29, 1.82) is 0 Å². The van der Waals surface area contributed by atoms with E-state index >= 15 is 0 Å². The molecule has 2 aromatic rings. The predicted octanol–water partition coefficient (Wildman–Crippen LogP) is 2.33. The highest BCUT2D eigenvalue weighted by Crippen LogP contribution is 2.38. The van der Waals surface area contributed by atoms with Gasteiger partial charge in [-0.25, -0.2) is 4.98 Å². The largest absolute Gasteiger partial charge is 0.305 e. The molecule has 2 aliphatic heterocycles. The Morgan fingerprint density at radius 2 is 2.00 bits per heavy atom. The minimum Gasteiger partial charge on any atom is -0.305 e. The zero-order chi connectivity index (χ0) is 14.4. The molecule has 0 bridgehead atoms. The summed E-state index contributed by atoms with van der Waals surface area (Å²) in [5.41, 5.74) is 1.16. The Kier molecular flexibility index (Phi) is 3.05. The van der Waals surface area contributed by atoms with Gasteiger partial charge >= 0.3 is 0 Å². The van der Waals surface area contributed by atoms with Crippen LogP contribution in [0.4, 0.5) is 5.13 Å². The third-order valence-electron chi connectivity index (χ3n) is 4.41. The van der Waals surface area contributed by atoms with Gasteiger partial charge in [0.1, 0.15) is 0 Å². The molecule has 0 aliphatic carbocycles. The minimum absolute atomic E-state index is 0.166. The van der Waals surface area contributed by atoms with E-state index in [4.69, 9.17) is 0 Å². The molecular formula is C16H17N3OS. The van der Waals surface area contributed by atoms with Gasteiger partial charge in [0.15, 0.2) is 5.13 Å². The Morgan fingerprint density at radius 3 is 2.76 bits per heavy atom. The molecule has 2 aliphatic rings. The lowest BCUT2D eigenvalue weighted by atomic mass is 10.0. The Morgan fingerprint density at radius 1 is 1.19 bits per heavy atom. The third kappa shape index (κ3) is 2.17. The molecule has 1 aromatic heterocycles. The first-order chi connectivity index (χ1) is 10.2. The maximum atomic E-state index is 12.5. The number of fused-ring (bicyclic) bond motifs is 1. The zero-order valence-corrected chi connectivity index (χ0v) is 12.7. The van der Waals surface area contributed by atoms with Crippen molar-refractivity contribution < 1.29 is 4.79 Å². The quantitative estimate of drug-likeness (QED) is 0.854. The lowest BCUT2D eigenvalue weighted by Crippen LogP contribution is -2.31. The number of hydrogen-bond acceptors (Lipinski definition) is 4. The van der Waals surface area contributed by atoms with Crippen molar-refractivity contribution >= 4 is 22.4 Å². The van der Waals surface area contributed by atoms with Crippen molar-refractivity contribution in [2.24, 2.45) is 11.8 Å². The molecule has 108 valence electrons. The van der Waals surface area contributed by atoms with Crippen LogP contribution in [-0.4, -0.2) is 42.5 Å². The molecule has 21 heavy (non-hydrogen) atoms. The summed E-state index contributed by atoms with van der Waals surface area (Å²) in [5, 5.41) is 0.843. The van der Waals surface area contributed by atoms with Crippen LogP contribution in [0.1, 0.15) is 0 Å². The summed E-state index contributed by atoms with van der Waals surface area (Å²) in [6.45, 7) is 2.72. The van der Waals surface area contributed by atoms with E-state index in [2.05, 4.69) is 29.1 Å². The summed E-state index contributed by atoms with van der Waals surface area (Å²) >= 11 is 1.61. The predicted molar refractivity (Wildman–Crippen MR) is 84.4 cm³/mol. The van der Waals surface area contributed by atoms with Crippen LogP contribution in [0.3, 0.4) is 0 Å². The molecule has 2 atom stereocenters. The fraction of sp³-hybridized carbons (Fsp3) is 0.375. The third-order valence-corrected chi connectivity index (χ3v) is 5.48. The molecule has 0 spiro atoms. The van der Waals surface area contributed by atoms with E-state index in [9.17, 15) is 4.79 Å². The number of likely N-dealkylation sites (tertiary alicyclic amines) is 1. The number of carbonyl (C=O) groups excluding carboxylic acids is 1. The van der Waals surface area contributed by atoms with Crippen LogP contribution in [0.25, 0.3) is 10.4 Å². The van der Waals surface area contributed by atoms with Crippen LogP contribution in [-0.2, 0) is 4.79 Å². The summed E-state index contributed by atoms with van der Waals surface area (Å²) in [7, 11) is 2.09. The molecule has 1 aromatic carbocycles. The van der Waals surface area contributed by atoms with Crippen LogP contribution < -0.4 is 4.90 Å². The number of hydrogen-bond donors (Lipinski definition) is 0. The monoisotopic (exact) mass is 299 g/mol. The van der Waals surface area contributed by atoms with Crippen molar-refractivity contribution in [2.45, 2.75) is 0 Å². The van der Waals surface area contributed by atoms with Crippen molar-refractivity contribution in [1.82, 2.24) is 9.88 Å². The zero-order valence-electron chi connectivity index (χ0n) is 11.9. The van der Waals surface area contributed by atoms with Gasteiger partial charge in [-0.15, -0.1) is 0 Å². The van der Waals surface area contributed by atoms with Crippen LogP contribution >= 0.6 is 11.3 Å². The highest BCUT2D eigenvalue weighted by Gasteiger charge is 2.46. The van der Waals surface area contributed by atoms with Crippen LogP contribution in [0.5, 0.6) is 0 Å². The maximum absolute atomic E-state index is 12.5. The summed E-state index contributed by atoms with van der Waals surface area (Å²) < 4.78 is 0. The van der Waals surface area contributed by atoms with E-state index in [1.807, 2.05) is 29.3 Å². The lowest BCUT2D eigenvalue weighted by molar-refractivity contribution is -0.120. The first-order valence-corrected chi connectivity index (χ1v) is 8.05. The average molecular weight is 299 g/mol. The van der Waals surface area contributed by atoms with Gasteiger partial charge in [0.05, 0.1) is 10.8 Å². The number of thiazole rings is 1. The second kappa shape index (κ2) is 4.93. The van der Waals surface area contributed by atoms with E-state index in [1.54, 1.807) is 11.3 Å². The van der Waals surface area contributed by atoms with Gasteiger partial charge in [-0.2, -0.15) is 0 Å². The standard InChI is InChI=1S/C16H17N3OS/c1-18-8-12-9-19(15(20)13(12)10-18)16-17-7-14(21-16)11-5-3-2-4-6-11/h2-7,12-13H,8-10H2,1H3. The summed E-state index contributed by atoms with van der Waals surface area (Å²) in [5.74, 6) is 0.879. The van der Waals surface area contributed by atoms with Crippen molar-refractivity contribution in [3.05, 3.63) is 36.5 Å². The van der Waals surface area contributed by atoms with Gasteiger partial charge in [0, 0.05) is 31.7 Å². The summed E-state index contributed by atoms with van der Waals surface area (Å²) in [6.07, 6.45) is 1.88. The Bertz CT molecular complexity index is 669. The Balaban J connectivity index is 1.59. The van der Waals surface area contributed by atoms with E-state index < -0.39 is 0 Å². The second-order valence-electron chi connectivity index (χ2n) is 5.91. The van der Waals surface area contributed by atoms with E-state index in [0.29, 0.717) is 5.92 Å². The van der Waals surface area contributed by atoms with Gasteiger partial charge in [0.2, 0.25) is 5.91 Å². The van der Waals surface area contributed by atoms with Gasteiger partial charge < -0.3 is 4.90 Å². The number of carbonyl (C=O) groups is 1. The molecule has 4 rings (SSSR count). The smallest absolute Gasteiger partial charge is 0.233 e. The number of benzene rings is 1. The van der Waals surface area contributed by atoms with Crippen LogP contribution in [0.15, 0.2) is 36.5 Å². The molecule has 0 saturated carbocycles. The van der Waals surface area contributed by atoms with E-state index in [0.717, 1.165) is 35.2 Å². The van der Waals surface area contributed by atoms with Gasteiger partial charge in [-0.1, -0.05) is 41.7 Å². The van der Waals surface area contributed by atoms with Crippen molar-refractivity contribution in [3.63, 3.8) is 0 Å². The molecule has 0 radical (unpaired) electrons. The van der Waals surface area contributed by atoms with E-state index in [1.165, 1.54) is 0 Å². The van der Waals surface area contributed by atoms with Crippen LogP contribution in [0, 0.1) is 11.8 Å². The SMILES string of the molecule is CN1CC2CN(c3ncc(-c4ccccc4)s3)C(=O)C2C1. The van der Waals surface area contributed by atoms with Crippen molar-refractivity contribution in [2.75, 3.05) is 31.6 Å². The van der Waals surface area contributed by atoms with Gasteiger partial charge in [-0.3, -0.25) is 9.69 Å². The number of anilines is 1. The molecule has 4 nitrogen and oxygen atoms in total. The topological polar surface area (TPSA) is 36.4 Å². The Hall–Kier alpha value is -1.72. The first kappa shape index (κ1) is 13.0. The molecule has 1 amide bonds. The fourth-order valence-electron chi connectivity index (χ4n) is 3.37. The van der Waals surface area contributed by atoms with Crippen molar-refractivity contribution in [3.8, 4) is 10.4 Å². The van der Waals surface area contributed by atoms with Gasteiger partial charge in [-0.05, 0) is 12.6 Å². The fourth-order valence-corrected chi connectivity index (χ4v) is 4.31. The normalized spacial score (nSPS) is 25.6. The second-order valence-corrected chi connectivity index (χ2v) is 6.92. The number of aromatic nitrogens is 1. The first-order valence-electron chi connectivity index (χ1n) is 7.23. The minimum atomic E-state index is 0.166. The highest BCUT2D eigenvalue weighted by molar-refractivity contribution is 7.19. The molecule has 3 heterocycles. The molecule has 0 N–H and O–H groups in total. The molecule has 2 unspecified atom stereocenters. The number of rotatable bonds is 2. The summed E-state index contributed by atoms with van der Waals surface area (Å²) in [4.78, 5) is 22.3. The Labute approximate surface area is 128 Å². The van der Waals surface area contributed by atoms with Crippen LogP contribution in [0.2, 0.25) is 0 Å². The highest BCUT2D eigenvalue weighted by atomic mass is 32.1. The average Bonchev–Trinajstić information content (AvgIpc) is 3.17. The lowest BCUT2D eigenvalue weighted by Gasteiger charge is -2.16. The molecule has 2 fully saturated rings. The molecular weight excluding hydrogens is 282 g/mol. The van der Waals surface area contributed by atoms with E-state index in [-0.39, 0.29) is 11.8 Å². The number of nitrogens with zero attached hydrogens (tertiary/aromatic N) is 3. The number of amides is 1. The van der Waals surface area contributed by atoms with Gasteiger partial charge in [0.25, 0.3) is 0 Å². The summed E-state index contributed by atoms with van der Waals surface area (Å²) in [6, 6.07) is 10.2. The molecule has 5 heteroatoms. The molecule has 2 saturated heterocycles. The maximum Gasteiger partial charge on any atom is 0.233 e.